The van der Waals surface area contributed by atoms with E-state index in [1.807, 2.05) is 4.90 Å². The number of carbonyl (C=O) groups is 1. The zero-order valence-corrected chi connectivity index (χ0v) is 21.7. The topological polar surface area (TPSA) is 122 Å². The molecule has 1 saturated heterocycles. The fourth-order valence-corrected chi connectivity index (χ4v) is 3.27. The van der Waals surface area contributed by atoms with Crippen LogP contribution in [0.3, 0.4) is 0 Å². The van der Waals surface area contributed by atoms with Gasteiger partial charge in [0, 0.05) is 51.4 Å². The normalized spacial score (nSPS) is 17.9. The summed E-state index contributed by atoms with van der Waals surface area (Å²) in [6.07, 6.45) is 0.528. The Morgan fingerprint density at radius 2 is 1.44 bits per heavy atom. The van der Waals surface area contributed by atoms with Crippen molar-refractivity contribution in [3.63, 3.8) is 0 Å². The van der Waals surface area contributed by atoms with Crippen LogP contribution in [0.4, 0.5) is 5.69 Å². The maximum Gasteiger partial charge on any atom is 0.270 e. The van der Waals surface area contributed by atoms with Crippen molar-refractivity contribution in [1.82, 2.24) is 9.80 Å². The van der Waals surface area contributed by atoms with Crippen molar-refractivity contribution in [1.29, 1.82) is 0 Å². The van der Waals surface area contributed by atoms with E-state index in [1.165, 1.54) is 12.1 Å². The molecular weight excluding hydrogens is 494 g/mol. The van der Waals surface area contributed by atoms with Gasteiger partial charge in [-0.3, -0.25) is 19.8 Å². The fraction of sp³-hybridized carbons (Fsp3) is 0.652. The van der Waals surface area contributed by atoms with Crippen molar-refractivity contribution in [2.75, 3.05) is 93.3 Å². The van der Waals surface area contributed by atoms with Gasteiger partial charge in [-0.05, 0) is 12.2 Å². The summed E-state index contributed by atoms with van der Waals surface area (Å²) in [4.78, 5) is 26.3. The molecule has 0 spiro atoms. The standard InChI is InChI=1S/C23H35N3O9S/c1-24(2)23(36)35-22-19(15-21(26(28)29)16-20(22)18-27)17-25-3-5-30-7-9-32-11-13-34-14-12-33-10-8-31-6-4-25/h15-16,18H,3-14,17H2,1-2H3. The number of ether oxygens (including phenoxy) is 6. The average molecular weight is 530 g/mol. The molecule has 2 rings (SSSR count). The lowest BCUT2D eigenvalue weighted by Crippen LogP contribution is -2.32. The summed E-state index contributed by atoms with van der Waals surface area (Å²) in [5.41, 5.74) is 0.308. The lowest BCUT2D eigenvalue weighted by atomic mass is 10.1. The van der Waals surface area contributed by atoms with Gasteiger partial charge in [0.15, 0.2) is 6.29 Å². The number of non-ortho nitro benzene ring substituents is 1. The van der Waals surface area contributed by atoms with Gasteiger partial charge in [0.05, 0.1) is 76.6 Å². The van der Waals surface area contributed by atoms with Gasteiger partial charge in [-0.25, -0.2) is 0 Å². The van der Waals surface area contributed by atoms with Crippen LogP contribution in [0.2, 0.25) is 0 Å². The van der Waals surface area contributed by atoms with Gasteiger partial charge in [-0.15, -0.1) is 0 Å². The molecule has 0 N–H and O–H groups in total. The average Bonchev–Trinajstić information content (AvgIpc) is 2.85. The number of nitro groups is 1. The van der Waals surface area contributed by atoms with Crippen LogP contribution < -0.4 is 4.74 Å². The van der Waals surface area contributed by atoms with Gasteiger partial charge in [-0.1, -0.05) is 0 Å². The first kappa shape index (κ1) is 30.0. The summed E-state index contributed by atoms with van der Waals surface area (Å²) in [6, 6.07) is 2.58. The number of nitrogens with zero attached hydrogens (tertiary/aromatic N) is 3. The molecule has 0 atom stereocenters. The fourth-order valence-electron chi connectivity index (χ4n) is 3.19. The Hall–Kier alpha value is -2.26. The number of rotatable bonds is 5. The Morgan fingerprint density at radius 1 is 0.972 bits per heavy atom. The Morgan fingerprint density at radius 3 is 1.86 bits per heavy atom. The smallest absolute Gasteiger partial charge is 0.270 e. The largest absolute Gasteiger partial charge is 0.431 e. The van der Waals surface area contributed by atoms with Crippen LogP contribution >= 0.6 is 12.2 Å². The molecule has 1 aromatic carbocycles. The van der Waals surface area contributed by atoms with Crippen LogP contribution in [0, 0.1) is 10.1 Å². The van der Waals surface area contributed by atoms with Crippen molar-refractivity contribution >= 4 is 29.4 Å². The number of thiocarbonyl (C=S) groups is 1. The van der Waals surface area contributed by atoms with E-state index >= 15 is 0 Å². The zero-order valence-electron chi connectivity index (χ0n) is 20.8. The van der Waals surface area contributed by atoms with E-state index in [0.717, 1.165) is 0 Å². The third-order valence-electron chi connectivity index (χ3n) is 5.06. The van der Waals surface area contributed by atoms with Gasteiger partial charge in [-0.2, -0.15) is 0 Å². The molecule has 36 heavy (non-hydrogen) atoms. The number of carbonyl (C=O) groups excluding carboxylic acids is 1. The van der Waals surface area contributed by atoms with Gasteiger partial charge in [0.1, 0.15) is 5.75 Å². The first-order valence-corrected chi connectivity index (χ1v) is 12.1. The minimum absolute atomic E-state index is 0.0515. The van der Waals surface area contributed by atoms with E-state index in [1.54, 1.807) is 19.0 Å². The van der Waals surface area contributed by atoms with E-state index in [2.05, 4.69) is 0 Å². The zero-order chi connectivity index (χ0) is 26.2. The molecule has 0 aromatic heterocycles. The number of hydrogen-bond acceptors (Lipinski definition) is 11. The van der Waals surface area contributed by atoms with Crippen LogP contribution in [0.15, 0.2) is 12.1 Å². The van der Waals surface area contributed by atoms with Crippen LogP contribution in [-0.2, 0) is 30.2 Å². The Balaban J connectivity index is 2.17. The number of nitro benzene ring substituents is 1. The third kappa shape index (κ3) is 11.2. The van der Waals surface area contributed by atoms with Crippen LogP contribution in [0.25, 0.3) is 0 Å². The highest BCUT2D eigenvalue weighted by Crippen LogP contribution is 2.30. The molecule has 1 fully saturated rings. The molecule has 0 bridgehead atoms. The molecule has 12 nitrogen and oxygen atoms in total. The number of benzene rings is 1. The minimum Gasteiger partial charge on any atom is -0.431 e. The highest BCUT2D eigenvalue weighted by molar-refractivity contribution is 7.80. The summed E-state index contributed by atoms with van der Waals surface area (Å²) in [5.74, 6) is 0.194. The monoisotopic (exact) mass is 529 g/mol. The van der Waals surface area contributed by atoms with Gasteiger partial charge >= 0.3 is 0 Å². The SMILES string of the molecule is CN(C)C(=S)Oc1c(C=O)cc([N+](=O)[O-])cc1CN1CCOCCOCCOCCOCCOCC1. The lowest BCUT2D eigenvalue weighted by Gasteiger charge is -2.24. The first-order valence-electron chi connectivity index (χ1n) is 11.7. The summed E-state index contributed by atoms with van der Waals surface area (Å²) >= 11 is 5.25. The van der Waals surface area contributed by atoms with Gasteiger partial charge in [0.25, 0.3) is 10.9 Å². The molecule has 0 amide bonds. The van der Waals surface area contributed by atoms with E-state index in [0.29, 0.717) is 91.0 Å². The second-order valence-corrected chi connectivity index (χ2v) is 8.35. The van der Waals surface area contributed by atoms with E-state index in [4.69, 9.17) is 40.6 Å². The molecule has 1 aromatic rings. The van der Waals surface area contributed by atoms with Crippen molar-refractivity contribution in [2.24, 2.45) is 0 Å². The molecule has 1 heterocycles. The summed E-state index contributed by atoms with van der Waals surface area (Å²) in [7, 11) is 3.41. The van der Waals surface area contributed by atoms with Crippen LogP contribution in [-0.4, -0.2) is 119 Å². The summed E-state index contributed by atoms with van der Waals surface area (Å²) in [5, 5.41) is 11.6. The van der Waals surface area contributed by atoms with E-state index in [9.17, 15) is 14.9 Å². The van der Waals surface area contributed by atoms with Crippen molar-refractivity contribution in [2.45, 2.75) is 6.54 Å². The highest BCUT2D eigenvalue weighted by Gasteiger charge is 2.21. The minimum atomic E-state index is -0.541. The predicted octanol–water partition coefficient (Wildman–Crippen LogP) is 1.53. The second kappa shape index (κ2) is 17.2. The highest BCUT2D eigenvalue weighted by atomic mass is 32.1. The number of aldehydes is 1. The lowest BCUT2D eigenvalue weighted by molar-refractivity contribution is -0.385. The molecule has 13 heteroatoms. The number of hydrogen-bond donors (Lipinski definition) is 0. The Kier molecular flexibility index (Phi) is 14.4. The van der Waals surface area contributed by atoms with Gasteiger partial charge < -0.3 is 33.3 Å². The van der Waals surface area contributed by atoms with Gasteiger partial charge in [0.2, 0.25) is 0 Å². The summed E-state index contributed by atoms with van der Waals surface area (Å²) < 4.78 is 33.5. The molecular formula is C23H35N3O9S. The maximum atomic E-state index is 11.8. The van der Waals surface area contributed by atoms with Crippen molar-refractivity contribution < 1.29 is 38.1 Å². The van der Waals surface area contributed by atoms with Crippen molar-refractivity contribution in [3.8, 4) is 5.75 Å². The van der Waals surface area contributed by atoms with Crippen LogP contribution in [0.5, 0.6) is 5.75 Å². The summed E-state index contributed by atoms with van der Waals surface area (Å²) in [6.45, 7) is 5.75. The van der Waals surface area contributed by atoms with E-state index in [-0.39, 0.29) is 28.7 Å². The Labute approximate surface area is 216 Å². The Bertz CT molecular complexity index is 823. The third-order valence-corrected chi connectivity index (χ3v) is 5.51. The van der Waals surface area contributed by atoms with Crippen LogP contribution in [0.1, 0.15) is 15.9 Å². The maximum absolute atomic E-state index is 11.8. The molecule has 0 aliphatic carbocycles. The molecule has 0 saturated carbocycles. The first-order chi connectivity index (χ1) is 17.4. The van der Waals surface area contributed by atoms with Crippen molar-refractivity contribution in [3.05, 3.63) is 33.4 Å². The molecule has 1 aliphatic rings. The van der Waals surface area contributed by atoms with E-state index < -0.39 is 4.92 Å². The molecule has 0 radical (unpaired) electrons. The predicted molar refractivity (Wildman–Crippen MR) is 135 cm³/mol. The molecule has 1 aliphatic heterocycles. The molecule has 0 unspecified atom stereocenters. The quantitative estimate of drug-likeness (QED) is 0.238. The molecule has 202 valence electrons. The second-order valence-electron chi connectivity index (χ2n) is 8.00.